The lowest BCUT2D eigenvalue weighted by Gasteiger charge is -2.10. The van der Waals surface area contributed by atoms with Crippen LogP contribution in [0.1, 0.15) is 45.1 Å². The Balaban J connectivity index is 2.72. The summed E-state index contributed by atoms with van der Waals surface area (Å²) in [5.74, 6) is 0. The molecule has 0 unspecified atom stereocenters. The minimum Gasteiger partial charge on any atom is -0.313 e. The number of unbranched alkanes of at least 4 members (excludes halogenated alkanes) is 3. The van der Waals surface area contributed by atoms with E-state index in [0.29, 0.717) is 22.5 Å². The van der Waals surface area contributed by atoms with Crippen molar-refractivity contribution in [2.24, 2.45) is 0 Å². The lowest BCUT2D eigenvalue weighted by molar-refractivity contribution is 0.573. The highest BCUT2D eigenvalue weighted by molar-refractivity contribution is 9.10. The third kappa shape index (κ3) is 6.46. The molecular formula is C15H25BrN2O2S. The summed E-state index contributed by atoms with van der Waals surface area (Å²) >= 11 is 3.33. The second-order valence-electron chi connectivity index (χ2n) is 5.00. The standard InChI is InChI=1S/C15H25BrN2O2S/c1-3-5-6-7-10-18-21(19,20)15-11-13(12-17-4-2)8-9-14(15)16/h8-9,11,17-18H,3-7,10,12H2,1-2H3. The smallest absolute Gasteiger partial charge is 0.241 e. The molecule has 0 saturated heterocycles. The van der Waals surface area contributed by atoms with Gasteiger partial charge in [-0.25, -0.2) is 13.1 Å². The Hall–Kier alpha value is -0.430. The molecule has 1 rings (SSSR count). The Morgan fingerprint density at radius 2 is 1.90 bits per heavy atom. The van der Waals surface area contributed by atoms with Crippen molar-refractivity contribution < 1.29 is 8.42 Å². The van der Waals surface area contributed by atoms with E-state index in [1.165, 1.54) is 0 Å². The summed E-state index contributed by atoms with van der Waals surface area (Å²) in [5.41, 5.74) is 0.964. The van der Waals surface area contributed by atoms with Crippen molar-refractivity contribution in [2.45, 2.75) is 51.0 Å². The van der Waals surface area contributed by atoms with Crippen molar-refractivity contribution >= 4 is 26.0 Å². The number of benzene rings is 1. The maximum absolute atomic E-state index is 12.4. The van der Waals surface area contributed by atoms with Crippen LogP contribution >= 0.6 is 15.9 Å². The van der Waals surface area contributed by atoms with E-state index in [9.17, 15) is 8.42 Å². The molecule has 0 aromatic heterocycles. The Bertz CT molecular complexity index is 532. The second-order valence-corrected chi connectivity index (χ2v) is 7.59. The van der Waals surface area contributed by atoms with Gasteiger partial charge >= 0.3 is 0 Å². The molecule has 0 spiro atoms. The molecule has 0 saturated carbocycles. The van der Waals surface area contributed by atoms with Crippen molar-refractivity contribution in [3.05, 3.63) is 28.2 Å². The predicted octanol–water partition coefficient (Wildman–Crippen LogP) is 3.42. The SMILES string of the molecule is CCCCCCNS(=O)(=O)c1cc(CNCC)ccc1Br. The molecule has 4 nitrogen and oxygen atoms in total. The largest absolute Gasteiger partial charge is 0.313 e. The Morgan fingerprint density at radius 3 is 2.57 bits per heavy atom. The number of halogens is 1. The molecule has 0 fully saturated rings. The zero-order chi connectivity index (χ0) is 15.7. The fourth-order valence-corrected chi connectivity index (χ4v) is 4.05. The minimum absolute atomic E-state index is 0.313. The quantitative estimate of drug-likeness (QED) is 0.615. The minimum atomic E-state index is -3.45. The monoisotopic (exact) mass is 376 g/mol. The lowest BCUT2D eigenvalue weighted by Crippen LogP contribution is -2.25. The molecule has 0 radical (unpaired) electrons. The topological polar surface area (TPSA) is 58.2 Å². The van der Waals surface area contributed by atoms with Crippen LogP contribution in [0.5, 0.6) is 0 Å². The summed E-state index contributed by atoms with van der Waals surface area (Å²) in [6.45, 7) is 6.17. The van der Waals surface area contributed by atoms with E-state index in [4.69, 9.17) is 0 Å². The van der Waals surface area contributed by atoms with Crippen LogP contribution in [0.2, 0.25) is 0 Å². The average molecular weight is 377 g/mol. The molecule has 0 aliphatic heterocycles. The summed E-state index contributed by atoms with van der Waals surface area (Å²) in [6, 6.07) is 5.44. The third-order valence-electron chi connectivity index (χ3n) is 3.19. The number of rotatable bonds is 10. The van der Waals surface area contributed by atoms with Gasteiger partial charge in [0.25, 0.3) is 0 Å². The van der Waals surface area contributed by atoms with Crippen molar-refractivity contribution in [3.63, 3.8) is 0 Å². The summed E-state index contributed by atoms with van der Waals surface area (Å²) in [5, 5.41) is 3.20. The molecule has 1 aromatic rings. The number of hydrogen-bond acceptors (Lipinski definition) is 3. The first kappa shape index (κ1) is 18.6. The third-order valence-corrected chi connectivity index (χ3v) is 5.64. The van der Waals surface area contributed by atoms with Crippen molar-refractivity contribution in [1.29, 1.82) is 0 Å². The number of hydrogen-bond donors (Lipinski definition) is 2. The Kier molecular flexibility index (Phi) is 8.48. The van der Waals surface area contributed by atoms with Gasteiger partial charge < -0.3 is 5.32 Å². The highest BCUT2D eigenvalue weighted by atomic mass is 79.9. The number of nitrogens with one attached hydrogen (secondary N) is 2. The second kappa shape index (κ2) is 9.56. The van der Waals surface area contributed by atoms with Gasteiger partial charge in [-0.3, -0.25) is 0 Å². The summed E-state index contributed by atoms with van der Waals surface area (Å²) in [6.07, 6.45) is 4.22. The fraction of sp³-hybridized carbons (Fsp3) is 0.600. The first-order chi connectivity index (χ1) is 10.0. The van der Waals surface area contributed by atoms with Gasteiger partial charge in [0, 0.05) is 17.6 Å². The zero-order valence-electron chi connectivity index (χ0n) is 12.8. The summed E-state index contributed by atoms with van der Waals surface area (Å²) < 4.78 is 28.0. The van der Waals surface area contributed by atoms with Crippen LogP contribution in [0, 0.1) is 0 Å². The molecular weight excluding hydrogens is 352 g/mol. The summed E-state index contributed by atoms with van der Waals surface area (Å²) in [4.78, 5) is 0.313. The van der Waals surface area contributed by atoms with E-state index in [1.807, 2.05) is 13.0 Å². The number of sulfonamides is 1. The molecule has 0 amide bonds. The first-order valence-corrected chi connectivity index (χ1v) is 9.77. The predicted molar refractivity (Wildman–Crippen MR) is 90.9 cm³/mol. The van der Waals surface area contributed by atoms with Crippen molar-refractivity contribution in [1.82, 2.24) is 10.0 Å². The van der Waals surface area contributed by atoms with Crippen LogP contribution < -0.4 is 10.0 Å². The van der Waals surface area contributed by atoms with Crippen LogP contribution in [-0.4, -0.2) is 21.5 Å². The molecule has 0 aliphatic carbocycles. The van der Waals surface area contributed by atoms with Crippen LogP contribution in [0.4, 0.5) is 0 Å². The lowest BCUT2D eigenvalue weighted by atomic mass is 10.2. The van der Waals surface area contributed by atoms with E-state index < -0.39 is 10.0 Å². The van der Waals surface area contributed by atoms with Gasteiger partial charge in [-0.1, -0.05) is 39.2 Å². The van der Waals surface area contributed by atoms with Gasteiger partial charge in [0.1, 0.15) is 0 Å². The average Bonchev–Trinajstić information content (AvgIpc) is 2.46. The van der Waals surface area contributed by atoms with Gasteiger partial charge in [0.05, 0.1) is 4.90 Å². The molecule has 0 bridgehead atoms. The van der Waals surface area contributed by atoms with Crippen molar-refractivity contribution in [2.75, 3.05) is 13.1 Å². The van der Waals surface area contributed by atoms with Gasteiger partial charge in [0.2, 0.25) is 10.0 Å². The highest BCUT2D eigenvalue weighted by Gasteiger charge is 2.17. The van der Waals surface area contributed by atoms with E-state index in [2.05, 4.69) is 32.9 Å². The molecule has 0 atom stereocenters. The molecule has 0 aliphatic rings. The highest BCUT2D eigenvalue weighted by Crippen LogP contribution is 2.23. The zero-order valence-corrected chi connectivity index (χ0v) is 15.2. The normalized spacial score (nSPS) is 11.8. The van der Waals surface area contributed by atoms with Gasteiger partial charge in [-0.2, -0.15) is 0 Å². The molecule has 2 N–H and O–H groups in total. The molecule has 0 heterocycles. The van der Waals surface area contributed by atoms with Crippen molar-refractivity contribution in [3.8, 4) is 0 Å². The van der Waals surface area contributed by atoms with Crippen LogP contribution in [0.25, 0.3) is 0 Å². The van der Waals surface area contributed by atoms with Gasteiger partial charge in [0.15, 0.2) is 0 Å². The van der Waals surface area contributed by atoms with E-state index in [-0.39, 0.29) is 0 Å². The van der Waals surface area contributed by atoms with E-state index >= 15 is 0 Å². The molecule has 21 heavy (non-hydrogen) atoms. The van der Waals surface area contributed by atoms with Crippen LogP contribution in [-0.2, 0) is 16.6 Å². The first-order valence-electron chi connectivity index (χ1n) is 7.50. The van der Waals surface area contributed by atoms with E-state index in [0.717, 1.165) is 37.8 Å². The maximum Gasteiger partial charge on any atom is 0.241 e. The maximum atomic E-state index is 12.4. The van der Waals surface area contributed by atoms with Gasteiger partial charge in [-0.15, -0.1) is 0 Å². The molecule has 6 heteroatoms. The molecule has 1 aromatic carbocycles. The van der Waals surface area contributed by atoms with Gasteiger partial charge in [-0.05, 0) is 46.6 Å². The Morgan fingerprint density at radius 1 is 1.14 bits per heavy atom. The van der Waals surface area contributed by atoms with E-state index in [1.54, 1.807) is 12.1 Å². The molecule has 120 valence electrons. The Labute approximate surface area is 136 Å². The van der Waals surface area contributed by atoms with Crippen LogP contribution in [0.15, 0.2) is 27.6 Å². The van der Waals surface area contributed by atoms with Crippen LogP contribution in [0.3, 0.4) is 0 Å². The fourth-order valence-electron chi connectivity index (χ4n) is 1.97. The summed E-state index contributed by atoms with van der Waals surface area (Å²) in [7, 11) is -3.45.